The molecule has 4 nitrogen and oxygen atoms in total. The fraction of sp³-hybridized carbons (Fsp3) is 0.100. The Bertz CT molecular complexity index is 613. The Morgan fingerprint density at radius 3 is 2.82 bits per heavy atom. The van der Waals surface area contributed by atoms with Crippen molar-refractivity contribution < 1.29 is 0 Å². The van der Waals surface area contributed by atoms with Crippen molar-refractivity contribution in [1.82, 2.24) is 15.2 Å². The Kier molecular flexibility index (Phi) is 2.96. The zero-order chi connectivity index (χ0) is 11.7. The molecule has 3 aromatic rings. The van der Waals surface area contributed by atoms with Crippen LogP contribution in [0.2, 0.25) is 0 Å². The lowest BCUT2D eigenvalue weighted by atomic mass is 10.3. The van der Waals surface area contributed by atoms with Crippen molar-refractivity contribution in [1.29, 1.82) is 0 Å². The number of hydrogen-bond acceptors (Lipinski definition) is 7. The standard InChI is InChI=1S/C10H8N4S3/c11-9-14-13-8(17-9)5-15-10-12-6-3-1-2-4-7(6)16-10/h1-4H,5H2,(H2,11,14). The van der Waals surface area contributed by atoms with E-state index < -0.39 is 0 Å². The van der Waals surface area contributed by atoms with Gasteiger partial charge in [-0.05, 0) is 12.1 Å². The first-order chi connectivity index (χ1) is 8.31. The highest BCUT2D eigenvalue weighted by Gasteiger charge is 2.06. The van der Waals surface area contributed by atoms with E-state index in [2.05, 4.69) is 21.2 Å². The Morgan fingerprint density at radius 2 is 2.06 bits per heavy atom. The maximum atomic E-state index is 5.53. The summed E-state index contributed by atoms with van der Waals surface area (Å²) in [6.45, 7) is 0. The Balaban J connectivity index is 1.76. The molecule has 0 aliphatic rings. The van der Waals surface area contributed by atoms with Crippen molar-refractivity contribution in [2.24, 2.45) is 0 Å². The second-order valence-corrected chi connectivity index (χ2v) is 6.62. The first-order valence-corrected chi connectivity index (χ1v) is 7.49. The van der Waals surface area contributed by atoms with Gasteiger partial charge in [-0.2, -0.15) is 0 Å². The van der Waals surface area contributed by atoms with Gasteiger partial charge in [0.25, 0.3) is 0 Å². The first kappa shape index (κ1) is 10.9. The van der Waals surface area contributed by atoms with Crippen LogP contribution in [0.25, 0.3) is 10.2 Å². The molecule has 86 valence electrons. The van der Waals surface area contributed by atoms with Gasteiger partial charge in [0.2, 0.25) is 5.13 Å². The highest BCUT2D eigenvalue weighted by molar-refractivity contribution is 8.00. The van der Waals surface area contributed by atoms with Gasteiger partial charge >= 0.3 is 0 Å². The van der Waals surface area contributed by atoms with E-state index in [1.807, 2.05) is 18.2 Å². The Hall–Kier alpha value is -1.18. The largest absolute Gasteiger partial charge is 0.374 e. The molecule has 0 saturated carbocycles. The van der Waals surface area contributed by atoms with Crippen molar-refractivity contribution in [3.8, 4) is 0 Å². The van der Waals surface area contributed by atoms with Crippen LogP contribution >= 0.6 is 34.4 Å². The van der Waals surface area contributed by atoms with Gasteiger partial charge in [0.1, 0.15) is 5.01 Å². The van der Waals surface area contributed by atoms with Crippen molar-refractivity contribution in [3.05, 3.63) is 29.3 Å². The minimum atomic E-state index is 0.518. The molecule has 0 fully saturated rings. The maximum absolute atomic E-state index is 5.53. The number of thiazole rings is 1. The summed E-state index contributed by atoms with van der Waals surface area (Å²) in [6.07, 6.45) is 0. The van der Waals surface area contributed by atoms with Crippen molar-refractivity contribution in [3.63, 3.8) is 0 Å². The van der Waals surface area contributed by atoms with Gasteiger partial charge in [-0.3, -0.25) is 0 Å². The van der Waals surface area contributed by atoms with E-state index >= 15 is 0 Å². The quantitative estimate of drug-likeness (QED) is 0.747. The predicted octanol–water partition coefficient (Wildman–Crippen LogP) is 3.02. The SMILES string of the molecule is Nc1nnc(CSc2nc3ccccc3s2)s1. The molecular formula is C10H8N4S3. The summed E-state index contributed by atoms with van der Waals surface area (Å²) in [7, 11) is 0. The number of thioether (sulfide) groups is 1. The number of nitrogens with two attached hydrogens (primary N) is 1. The number of hydrogen-bond donors (Lipinski definition) is 1. The van der Waals surface area contributed by atoms with E-state index in [1.165, 1.54) is 16.0 Å². The summed E-state index contributed by atoms with van der Waals surface area (Å²) < 4.78 is 2.27. The molecule has 0 unspecified atom stereocenters. The predicted molar refractivity (Wildman–Crippen MR) is 73.5 cm³/mol. The van der Waals surface area contributed by atoms with Crippen LogP contribution in [0.3, 0.4) is 0 Å². The van der Waals surface area contributed by atoms with E-state index in [1.54, 1.807) is 23.1 Å². The number of rotatable bonds is 3. The molecule has 0 aliphatic carbocycles. The number of aromatic nitrogens is 3. The molecule has 0 aliphatic heterocycles. The molecule has 3 rings (SSSR count). The van der Waals surface area contributed by atoms with Gasteiger partial charge in [0.15, 0.2) is 4.34 Å². The molecule has 0 spiro atoms. The molecule has 17 heavy (non-hydrogen) atoms. The minimum Gasteiger partial charge on any atom is -0.374 e. The number of benzene rings is 1. The number of anilines is 1. The highest BCUT2D eigenvalue weighted by atomic mass is 32.2. The topological polar surface area (TPSA) is 64.7 Å². The molecule has 1 aromatic carbocycles. The van der Waals surface area contributed by atoms with Crippen LogP contribution in [0.5, 0.6) is 0 Å². The van der Waals surface area contributed by atoms with Crippen LogP contribution < -0.4 is 5.73 Å². The molecule has 2 heterocycles. The smallest absolute Gasteiger partial charge is 0.203 e. The van der Waals surface area contributed by atoms with Crippen molar-refractivity contribution >= 4 is 49.8 Å². The Morgan fingerprint density at radius 1 is 1.18 bits per heavy atom. The second-order valence-electron chi connectivity index (χ2n) is 3.27. The monoisotopic (exact) mass is 280 g/mol. The molecule has 2 aromatic heterocycles. The number of nitrogen functional groups attached to an aromatic ring is 1. The highest BCUT2D eigenvalue weighted by Crippen LogP contribution is 2.31. The lowest BCUT2D eigenvalue weighted by Gasteiger charge is -1.90. The zero-order valence-corrected chi connectivity index (χ0v) is 11.1. The van der Waals surface area contributed by atoms with Crippen molar-refractivity contribution in [2.75, 3.05) is 5.73 Å². The number of fused-ring (bicyclic) bond motifs is 1. The van der Waals surface area contributed by atoms with Crippen LogP contribution in [0.4, 0.5) is 5.13 Å². The van der Waals surface area contributed by atoms with Gasteiger partial charge in [0.05, 0.1) is 16.0 Å². The van der Waals surface area contributed by atoms with Crippen LogP contribution in [0.1, 0.15) is 5.01 Å². The average Bonchev–Trinajstić information content (AvgIpc) is 2.91. The van der Waals surface area contributed by atoms with E-state index in [9.17, 15) is 0 Å². The summed E-state index contributed by atoms with van der Waals surface area (Å²) in [5, 5.41) is 9.23. The lowest BCUT2D eigenvalue weighted by Crippen LogP contribution is -1.80. The normalized spacial score (nSPS) is 11.1. The van der Waals surface area contributed by atoms with Crippen LogP contribution in [0, 0.1) is 0 Å². The molecule has 2 N–H and O–H groups in total. The molecule has 0 radical (unpaired) electrons. The summed E-state index contributed by atoms with van der Waals surface area (Å²) in [5.74, 6) is 0.773. The lowest BCUT2D eigenvalue weighted by molar-refractivity contribution is 1.05. The summed E-state index contributed by atoms with van der Waals surface area (Å²) in [6, 6.07) is 8.14. The van der Waals surface area contributed by atoms with Gasteiger partial charge < -0.3 is 5.73 Å². The maximum Gasteiger partial charge on any atom is 0.203 e. The van der Waals surface area contributed by atoms with Crippen molar-refractivity contribution in [2.45, 2.75) is 10.1 Å². The zero-order valence-electron chi connectivity index (χ0n) is 8.66. The van der Waals surface area contributed by atoms with Crippen LogP contribution in [-0.2, 0) is 5.75 Å². The van der Waals surface area contributed by atoms with E-state index in [4.69, 9.17) is 5.73 Å². The van der Waals surface area contributed by atoms with E-state index in [-0.39, 0.29) is 0 Å². The van der Waals surface area contributed by atoms with Crippen LogP contribution in [-0.4, -0.2) is 15.2 Å². The van der Waals surface area contributed by atoms with Gasteiger partial charge in [-0.25, -0.2) is 4.98 Å². The second kappa shape index (κ2) is 4.59. The third-order valence-corrected chi connectivity index (χ3v) is 5.20. The summed E-state index contributed by atoms with van der Waals surface area (Å²) in [5.41, 5.74) is 6.58. The third-order valence-electron chi connectivity index (χ3n) is 2.08. The number of para-hydroxylation sites is 1. The fourth-order valence-electron chi connectivity index (χ4n) is 1.36. The van der Waals surface area contributed by atoms with Crippen LogP contribution in [0.15, 0.2) is 28.6 Å². The average molecular weight is 280 g/mol. The molecule has 0 amide bonds. The third kappa shape index (κ3) is 2.41. The van der Waals surface area contributed by atoms with Gasteiger partial charge in [-0.1, -0.05) is 35.2 Å². The van der Waals surface area contributed by atoms with E-state index in [0.717, 1.165) is 20.6 Å². The molecular weight excluding hydrogens is 272 g/mol. The minimum absolute atomic E-state index is 0.518. The number of nitrogens with zero attached hydrogens (tertiary/aromatic N) is 3. The molecule has 7 heteroatoms. The van der Waals surface area contributed by atoms with E-state index in [0.29, 0.717) is 5.13 Å². The molecule has 0 bridgehead atoms. The molecule has 0 saturated heterocycles. The van der Waals surface area contributed by atoms with Gasteiger partial charge in [0, 0.05) is 0 Å². The summed E-state index contributed by atoms with van der Waals surface area (Å²) in [4.78, 5) is 4.54. The molecule has 0 atom stereocenters. The Labute approximate surface area is 110 Å². The van der Waals surface area contributed by atoms with Gasteiger partial charge in [-0.15, -0.1) is 21.5 Å². The summed E-state index contributed by atoms with van der Waals surface area (Å²) >= 11 is 4.80. The first-order valence-electron chi connectivity index (χ1n) is 4.87. The fourth-order valence-corrected chi connectivity index (χ4v) is 4.02.